The smallest absolute Gasteiger partial charge is 0.00773 e. The van der Waals surface area contributed by atoms with E-state index in [0.717, 1.165) is 24.3 Å². The van der Waals surface area contributed by atoms with E-state index in [1.54, 1.807) is 32.1 Å². The van der Waals surface area contributed by atoms with Crippen molar-refractivity contribution < 1.29 is 0 Å². The summed E-state index contributed by atoms with van der Waals surface area (Å²) in [6, 6.07) is 0. The average molecular weight is 322 g/mol. The molecule has 0 unspecified atom stereocenters. The van der Waals surface area contributed by atoms with E-state index in [0.29, 0.717) is 0 Å². The van der Waals surface area contributed by atoms with Crippen LogP contribution in [0.15, 0.2) is 0 Å². The predicted molar refractivity (Wildman–Crippen MR) is 103 cm³/mol. The van der Waals surface area contributed by atoms with Crippen LogP contribution in [0.3, 0.4) is 0 Å². The molecule has 0 amide bonds. The molecular formula is C22H43N. The average Bonchev–Trinajstić information content (AvgIpc) is 2.62. The van der Waals surface area contributed by atoms with E-state index in [1.807, 2.05) is 0 Å². The van der Waals surface area contributed by atoms with Gasteiger partial charge in [0.2, 0.25) is 0 Å². The largest absolute Gasteiger partial charge is 0.330 e. The molecule has 2 N–H and O–H groups in total. The molecule has 23 heavy (non-hydrogen) atoms. The van der Waals surface area contributed by atoms with Crippen LogP contribution in [0, 0.1) is 17.8 Å². The van der Waals surface area contributed by atoms with E-state index in [4.69, 9.17) is 5.73 Å². The van der Waals surface area contributed by atoms with Crippen molar-refractivity contribution in [3.05, 3.63) is 0 Å². The van der Waals surface area contributed by atoms with Crippen molar-refractivity contribution in [3.8, 4) is 0 Å². The van der Waals surface area contributed by atoms with Gasteiger partial charge >= 0.3 is 0 Å². The molecule has 0 aromatic rings. The van der Waals surface area contributed by atoms with Crippen LogP contribution in [0.2, 0.25) is 0 Å². The molecule has 2 rings (SSSR count). The molecule has 0 aliphatic heterocycles. The minimum Gasteiger partial charge on any atom is -0.330 e. The molecule has 0 spiro atoms. The highest BCUT2D eigenvalue weighted by Crippen LogP contribution is 2.42. The summed E-state index contributed by atoms with van der Waals surface area (Å²) >= 11 is 0. The normalized spacial score (nSPS) is 21.1. The molecule has 0 aromatic carbocycles. The van der Waals surface area contributed by atoms with Gasteiger partial charge in [-0.3, -0.25) is 0 Å². The zero-order valence-electron chi connectivity index (χ0n) is 15.7. The minimum atomic E-state index is 0.879. The van der Waals surface area contributed by atoms with Crippen LogP contribution < -0.4 is 5.73 Å². The van der Waals surface area contributed by atoms with Crippen molar-refractivity contribution in [2.75, 3.05) is 6.54 Å². The number of hydrogen-bond donors (Lipinski definition) is 1. The maximum absolute atomic E-state index is 5.57. The molecule has 0 atom stereocenters. The van der Waals surface area contributed by atoms with Crippen molar-refractivity contribution in [1.82, 2.24) is 0 Å². The first-order valence-electron chi connectivity index (χ1n) is 11.1. The predicted octanol–water partition coefficient (Wildman–Crippen LogP) is 6.84. The maximum atomic E-state index is 5.57. The van der Waals surface area contributed by atoms with Crippen LogP contribution in [0.25, 0.3) is 0 Å². The topological polar surface area (TPSA) is 26.0 Å². The second-order valence-electron chi connectivity index (χ2n) is 8.51. The summed E-state index contributed by atoms with van der Waals surface area (Å²) in [6.07, 6.45) is 26.8. The first-order chi connectivity index (χ1) is 11.4. The van der Waals surface area contributed by atoms with Gasteiger partial charge in [-0.1, -0.05) is 103 Å². The Hall–Kier alpha value is -0.0400. The molecule has 2 saturated carbocycles. The Balaban J connectivity index is 1.65. The molecule has 1 nitrogen and oxygen atoms in total. The zero-order chi connectivity index (χ0) is 16.2. The van der Waals surface area contributed by atoms with Gasteiger partial charge in [0, 0.05) is 0 Å². The van der Waals surface area contributed by atoms with E-state index < -0.39 is 0 Å². The van der Waals surface area contributed by atoms with E-state index in [9.17, 15) is 0 Å². The van der Waals surface area contributed by atoms with Gasteiger partial charge < -0.3 is 5.73 Å². The van der Waals surface area contributed by atoms with Gasteiger partial charge in [0.1, 0.15) is 0 Å². The van der Waals surface area contributed by atoms with Gasteiger partial charge in [-0.2, -0.15) is 0 Å². The summed E-state index contributed by atoms with van der Waals surface area (Å²) < 4.78 is 0. The second-order valence-corrected chi connectivity index (χ2v) is 8.51. The van der Waals surface area contributed by atoms with E-state index in [-0.39, 0.29) is 0 Å². The minimum absolute atomic E-state index is 0.879. The Bertz CT molecular complexity index is 245. The SMILES string of the molecule is NCCCCCCCCCC(C1CCCCC1)C1CCCCC1. The van der Waals surface area contributed by atoms with E-state index in [1.165, 1.54) is 83.5 Å². The number of nitrogens with two attached hydrogens (primary N) is 1. The van der Waals surface area contributed by atoms with Crippen molar-refractivity contribution in [1.29, 1.82) is 0 Å². The number of rotatable bonds is 11. The molecule has 2 aliphatic rings. The quantitative estimate of drug-likeness (QED) is 0.414. The Morgan fingerprint density at radius 2 is 1.00 bits per heavy atom. The van der Waals surface area contributed by atoms with Gasteiger partial charge in [-0.05, 0) is 37.1 Å². The fourth-order valence-corrected chi connectivity index (χ4v) is 5.39. The van der Waals surface area contributed by atoms with Crippen LogP contribution in [-0.2, 0) is 0 Å². The Morgan fingerprint density at radius 1 is 0.565 bits per heavy atom. The Kier molecular flexibility index (Phi) is 10.3. The fraction of sp³-hybridized carbons (Fsp3) is 1.00. The number of unbranched alkanes of at least 4 members (excludes halogenated alkanes) is 6. The molecule has 0 bridgehead atoms. The third kappa shape index (κ3) is 7.59. The molecular weight excluding hydrogens is 278 g/mol. The molecule has 1 heteroatoms. The monoisotopic (exact) mass is 321 g/mol. The Morgan fingerprint density at radius 3 is 1.48 bits per heavy atom. The maximum Gasteiger partial charge on any atom is -0.00773 e. The number of hydrogen-bond acceptors (Lipinski definition) is 1. The fourth-order valence-electron chi connectivity index (χ4n) is 5.39. The summed E-state index contributed by atoms with van der Waals surface area (Å²) in [5.41, 5.74) is 5.57. The standard InChI is InChI=1S/C22H43N/c23-19-13-5-3-1-2-4-12-18-22(20-14-8-6-9-15-20)21-16-10-7-11-17-21/h20-22H,1-19,23H2. The van der Waals surface area contributed by atoms with Gasteiger partial charge in [0.15, 0.2) is 0 Å². The van der Waals surface area contributed by atoms with Gasteiger partial charge in [-0.15, -0.1) is 0 Å². The van der Waals surface area contributed by atoms with Crippen LogP contribution >= 0.6 is 0 Å². The molecule has 0 aromatic heterocycles. The van der Waals surface area contributed by atoms with Crippen LogP contribution in [0.1, 0.15) is 116 Å². The lowest BCUT2D eigenvalue weighted by Crippen LogP contribution is -2.27. The van der Waals surface area contributed by atoms with Crippen LogP contribution in [0.5, 0.6) is 0 Å². The third-order valence-electron chi connectivity index (χ3n) is 6.75. The van der Waals surface area contributed by atoms with E-state index >= 15 is 0 Å². The summed E-state index contributed by atoms with van der Waals surface area (Å²) in [5.74, 6) is 3.28. The van der Waals surface area contributed by atoms with Crippen molar-refractivity contribution >= 4 is 0 Å². The lowest BCUT2D eigenvalue weighted by atomic mass is 9.68. The van der Waals surface area contributed by atoms with Gasteiger partial charge in [0.25, 0.3) is 0 Å². The van der Waals surface area contributed by atoms with Crippen LogP contribution in [-0.4, -0.2) is 6.54 Å². The lowest BCUT2D eigenvalue weighted by Gasteiger charge is -2.38. The summed E-state index contributed by atoms with van der Waals surface area (Å²) in [7, 11) is 0. The molecule has 0 heterocycles. The summed E-state index contributed by atoms with van der Waals surface area (Å²) in [6.45, 7) is 0.879. The van der Waals surface area contributed by atoms with Crippen molar-refractivity contribution in [2.45, 2.75) is 116 Å². The zero-order valence-corrected chi connectivity index (χ0v) is 15.7. The van der Waals surface area contributed by atoms with Gasteiger partial charge in [0.05, 0.1) is 0 Å². The second kappa shape index (κ2) is 12.3. The summed E-state index contributed by atoms with van der Waals surface area (Å²) in [5, 5.41) is 0. The highest BCUT2D eigenvalue weighted by molar-refractivity contribution is 4.81. The molecule has 136 valence electrons. The molecule has 0 saturated heterocycles. The highest BCUT2D eigenvalue weighted by Gasteiger charge is 2.30. The first kappa shape index (κ1) is 19.3. The summed E-state index contributed by atoms with van der Waals surface area (Å²) in [4.78, 5) is 0. The van der Waals surface area contributed by atoms with Gasteiger partial charge in [-0.25, -0.2) is 0 Å². The van der Waals surface area contributed by atoms with Crippen molar-refractivity contribution in [3.63, 3.8) is 0 Å². The molecule has 2 aliphatic carbocycles. The van der Waals surface area contributed by atoms with Crippen LogP contribution in [0.4, 0.5) is 0 Å². The lowest BCUT2D eigenvalue weighted by molar-refractivity contribution is 0.131. The molecule has 2 fully saturated rings. The third-order valence-corrected chi connectivity index (χ3v) is 6.75. The first-order valence-corrected chi connectivity index (χ1v) is 11.1. The highest BCUT2D eigenvalue weighted by atomic mass is 14.5. The molecule has 0 radical (unpaired) electrons. The van der Waals surface area contributed by atoms with E-state index in [2.05, 4.69) is 0 Å². The van der Waals surface area contributed by atoms with Crippen molar-refractivity contribution in [2.24, 2.45) is 23.5 Å². The Labute approximate surface area is 146 Å².